The number of hydrogen-bond acceptors (Lipinski definition) is 6. The van der Waals surface area contributed by atoms with Gasteiger partial charge < -0.3 is 10.6 Å². The van der Waals surface area contributed by atoms with Crippen molar-refractivity contribution in [2.45, 2.75) is 32.7 Å². The summed E-state index contributed by atoms with van der Waals surface area (Å²) in [5.74, 6) is 0.544. The number of nitrogens with one attached hydrogen (secondary N) is 2. The third kappa shape index (κ3) is 3.98. The number of aromatic nitrogens is 5. The monoisotopic (exact) mass is 417 g/mol. The summed E-state index contributed by atoms with van der Waals surface area (Å²) in [7, 11) is 0. The minimum Gasteiger partial charge on any atom is -0.336 e. The number of anilines is 2. The predicted octanol–water partition coefficient (Wildman–Crippen LogP) is 4.35. The Morgan fingerprint density at radius 3 is 2.81 bits per heavy atom. The van der Waals surface area contributed by atoms with Crippen LogP contribution in [0.15, 0.2) is 55.1 Å². The van der Waals surface area contributed by atoms with Crippen molar-refractivity contribution >= 4 is 17.0 Å². The number of pyridine rings is 2. The van der Waals surface area contributed by atoms with Crippen LogP contribution in [0.5, 0.6) is 0 Å². The van der Waals surface area contributed by atoms with Crippen LogP contribution in [-0.4, -0.2) is 31.1 Å². The molecule has 158 valence electrons. The van der Waals surface area contributed by atoms with Crippen molar-refractivity contribution in [1.82, 2.24) is 29.9 Å². The Morgan fingerprint density at radius 1 is 1.16 bits per heavy atom. The largest absolute Gasteiger partial charge is 0.336 e. The average Bonchev–Trinajstić information content (AvgIpc) is 3.18. The van der Waals surface area contributed by atoms with Crippen LogP contribution in [0.4, 0.5) is 15.9 Å². The molecule has 0 saturated heterocycles. The second-order valence-corrected chi connectivity index (χ2v) is 8.38. The van der Waals surface area contributed by atoms with E-state index in [1.165, 1.54) is 25.5 Å². The summed E-state index contributed by atoms with van der Waals surface area (Å²) in [6.45, 7) is 3.98. The zero-order chi connectivity index (χ0) is 21.3. The maximum Gasteiger partial charge on any atom is 0.200 e. The van der Waals surface area contributed by atoms with Gasteiger partial charge >= 0.3 is 0 Å². The highest BCUT2D eigenvalue weighted by Crippen LogP contribution is 2.39. The Morgan fingerprint density at radius 2 is 2.06 bits per heavy atom. The number of rotatable bonds is 7. The van der Waals surface area contributed by atoms with Crippen molar-refractivity contribution < 1.29 is 4.39 Å². The van der Waals surface area contributed by atoms with Crippen LogP contribution in [0.2, 0.25) is 0 Å². The minimum absolute atomic E-state index is 0.310. The van der Waals surface area contributed by atoms with E-state index >= 15 is 0 Å². The van der Waals surface area contributed by atoms with E-state index in [9.17, 15) is 4.39 Å². The van der Waals surface area contributed by atoms with Crippen molar-refractivity contribution in [3.05, 3.63) is 66.5 Å². The van der Waals surface area contributed by atoms with Crippen LogP contribution in [-0.2, 0) is 6.54 Å². The van der Waals surface area contributed by atoms with E-state index in [1.54, 1.807) is 23.0 Å². The summed E-state index contributed by atoms with van der Waals surface area (Å²) in [5.41, 5.74) is 3.20. The summed E-state index contributed by atoms with van der Waals surface area (Å²) in [5, 5.41) is 11.4. The molecule has 0 aromatic carbocycles. The van der Waals surface area contributed by atoms with Gasteiger partial charge in [-0.25, -0.2) is 13.9 Å². The molecular formula is C23H24FN7. The minimum atomic E-state index is -0.442. The summed E-state index contributed by atoms with van der Waals surface area (Å²) in [6.07, 6.45) is 10.2. The van der Waals surface area contributed by atoms with Crippen LogP contribution in [0.1, 0.15) is 31.7 Å². The van der Waals surface area contributed by atoms with Gasteiger partial charge in [0.25, 0.3) is 0 Å². The second kappa shape index (κ2) is 8.03. The van der Waals surface area contributed by atoms with Gasteiger partial charge in [-0.2, -0.15) is 0 Å². The molecule has 1 aliphatic carbocycles. The Bertz CT molecular complexity index is 1200. The molecule has 7 nitrogen and oxygen atoms in total. The third-order valence-electron chi connectivity index (χ3n) is 5.94. The molecule has 1 saturated carbocycles. The predicted molar refractivity (Wildman–Crippen MR) is 117 cm³/mol. The first kappa shape index (κ1) is 19.6. The SMILES string of the molecule is CC1(CNCc2ccn3nc(-c4ccccn4)nc(Nc4ccncc4F)c23)CCC1. The number of fused-ring (bicyclic) bond motifs is 1. The van der Waals surface area contributed by atoms with Crippen LogP contribution in [0, 0.1) is 11.2 Å². The van der Waals surface area contributed by atoms with Gasteiger partial charge in [0.1, 0.15) is 11.2 Å². The van der Waals surface area contributed by atoms with Crippen molar-refractivity contribution in [2.24, 2.45) is 5.41 Å². The van der Waals surface area contributed by atoms with Crippen LogP contribution in [0.3, 0.4) is 0 Å². The highest BCUT2D eigenvalue weighted by atomic mass is 19.1. The van der Waals surface area contributed by atoms with Gasteiger partial charge in [0.05, 0.1) is 11.9 Å². The number of halogens is 1. The van der Waals surface area contributed by atoms with E-state index < -0.39 is 5.82 Å². The first-order valence-electron chi connectivity index (χ1n) is 10.5. The summed E-state index contributed by atoms with van der Waals surface area (Å²) < 4.78 is 16.1. The molecule has 5 rings (SSSR count). The normalized spacial score (nSPS) is 15.0. The molecule has 4 aromatic heterocycles. The standard InChI is InChI=1S/C23H24FN7/c1-23(8-4-9-23)15-26-13-16-7-12-31-20(16)22(28-18-6-11-25-14-17(18)24)29-21(30-31)19-5-2-3-10-27-19/h2-3,5-7,10-12,14,26H,4,8-9,13,15H2,1H3,(H,25,28,29,30). The van der Waals surface area contributed by atoms with E-state index in [2.05, 4.69) is 32.6 Å². The average molecular weight is 417 g/mol. The molecule has 0 spiro atoms. The molecule has 4 heterocycles. The smallest absolute Gasteiger partial charge is 0.200 e. The fourth-order valence-corrected chi connectivity index (χ4v) is 3.98. The molecule has 0 unspecified atom stereocenters. The summed E-state index contributed by atoms with van der Waals surface area (Å²) in [4.78, 5) is 12.9. The quantitative estimate of drug-likeness (QED) is 0.465. The third-order valence-corrected chi connectivity index (χ3v) is 5.94. The van der Waals surface area contributed by atoms with Crippen LogP contribution >= 0.6 is 0 Å². The number of nitrogens with zero attached hydrogens (tertiary/aromatic N) is 5. The highest BCUT2D eigenvalue weighted by molar-refractivity contribution is 5.78. The summed E-state index contributed by atoms with van der Waals surface area (Å²) in [6, 6.07) is 9.19. The van der Waals surface area contributed by atoms with Crippen LogP contribution in [0.25, 0.3) is 17.0 Å². The van der Waals surface area contributed by atoms with Gasteiger partial charge in [-0.3, -0.25) is 9.97 Å². The maximum atomic E-state index is 14.3. The Balaban J connectivity index is 1.52. The van der Waals surface area contributed by atoms with E-state index in [4.69, 9.17) is 4.98 Å². The molecule has 4 aromatic rings. The summed E-state index contributed by atoms with van der Waals surface area (Å²) >= 11 is 0. The molecule has 0 aliphatic heterocycles. The lowest BCUT2D eigenvalue weighted by atomic mass is 9.70. The van der Waals surface area contributed by atoms with Crippen molar-refractivity contribution in [3.63, 3.8) is 0 Å². The lowest BCUT2D eigenvalue weighted by Crippen LogP contribution is -2.36. The maximum absolute atomic E-state index is 14.3. The first-order chi connectivity index (χ1) is 15.1. The van der Waals surface area contributed by atoms with Gasteiger partial charge in [-0.1, -0.05) is 19.4 Å². The molecule has 1 fully saturated rings. The van der Waals surface area contributed by atoms with Crippen molar-refractivity contribution in [3.8, 4) is 11.5 Å². The van der Waals surface area contributed by atoms with E-state index in [0.717, 1.165) is 17.6 Å². The van der Waals surface area contributed by atoms with Crippen molar-refractivity contribution in [2.75, 3.05) is 11.9 Å². The zero-order valence-electron chi connectivity index (χ0n) is 17.3. The molecule has 0 atom stereocenters. The number of hydrogen-bond donors (Lipinski definition) is 2. The van der Waals surface area contributed by atoms with E-state index in [1.807, 2.05) is 30.5 Å². The Kier molecular flexibility index (Phi) is 5.07. The molecule has 2 N–H and O–H groups in total. The molecule has 1 aliphatic rings. The lowest BCUT2D eigenvalue weighted by molar-refractivity contribution is 0.156. The van der Waals surface area contributed by atoms with Crippen molar-refractivity contribution in [1.29, 1.82) is 0 Å². The van der Waals surface area contributed by atoms with Gasteiger partial charge in [0.2, 0.25) is 5.82 Å². The molecular weight excluding hydrogens is 393 g/mol. The van der Waals surface area contributed by atoms with Gasteiger partial charge in [0, 0.05) is 31.7 Å². The van der Waals surface area contributed by atoms with Gasteiger partial charge in [-0.05, 0) is 48.1 Å². The van der Waals surface area contributed by atoms with Crippen LogP contribution < -0.4 is 10.6 Å². The fraction of sp³-hybridized carbons (Fsp3) is 0.304. The molecule has 8 heteroatoms. The Hall–Kier alpha value is -3.39. The van der Waals surface area contributed by atoms with E-state index in [-0.39, 0.29) is 0 Å². The first-order valence-corrected chi connectivity index (χ1v) is 10.5. The Labute approximate surface area is 179 Å². The molecule has 0 bridgehead atoms. The lowest BCUT2D eigenvalue weighted by Gasteiger charge is -2.38. The highest BCUT2D eigenvalue weighted by Gasteiger charge is 2.31. The fourth-order valence-electron chi connectivity index (χ4n) is 3.98. The topological polar surface area (TPSA) is 80.0 Å². The molecule has 0 radical (unpaired) electrons. The molecule has 31 heavy (non-hydrogen) atoms. The second-order valence-electron chi connectivity index (χ2n) is 8.38. The van der Waals surface area contributed by atoms with Gasteiger partial charge in [0.15, 0.2) is 11.6 Å². The van der Waals surface area contributed by atoms with Gasteiger partial charge in [-0.15, -0.1) is 5.10 Å². The van der Waals surface area contributed by atoms with E-state index in [0.29, 0.717) is 35.0 Å². The molecule has 0 amide bonds. The zero-order valence-corrected chi connectivity index (χ0v) is 17.3.